The number of nitrogens with two attached hydrogens (primary N) is 2. The van der Waals surface area contributed by atoms with Crippen molar-refractivity contribution >= 4 is 0 Å². The van der Waals surface area contributed by atoms with E-state index < -0.39 is 99.1 Å². The maximum atomic E-state index is 10.5. The summed E-state index contributed by atoms with van der Waals surface area (Å²) >= 11 is 0. The van der Waals surface area contributed by atoms with Crippen LogP contribution in [0.1, 0.15) is 0 Å². The van der Waals surface area contributed by atoms with Crippen molar-refractivity contribution < 1.29 is 64.2 Å². The van der Waals surface area contributed by atoms with Gasteiger partial charge in [0.15, 0.2) is 18.9 Å². The quantitative estimate of drug-likeness (QED) is 0.162. The molecular weight excluding hydrogens is 452 g/mol. The van der Waals surface area contributed by atoms with Crippen LogP contribution < -0.4 is 11.5 Å². The molecule has 0 unspecified atom stereocenters. The first-order valence-corrected chi connectivity index (χ1v) is 10.5. The van der Waals surface area contributed by atoms with Crippen molar-refractivity contribution in [3.05, 3.63) is 0 Å². The molecule has 3 aliphatic heterocycles. The minimum atomic E-state index is -1.67. The zero-order valence-corrected chi connectivity index (χ0v) is 17.9. The lowest BCUT2D eigenvalue weighted by molar-refractivity contribution is -0.350. The molecule has 15 heteroatoms. The van der Waals surface area contributed by atoms with E-state index in [1.54, 1.807) is 0 Å². The summed E-state index contributed by atoms with van der Waals surface area (Å²) in [6.45, 7) is -1.32. The van der Waals surface area contributed by atoms with Crippen molar-refractivity contribution in [3.8, 4) is 0 Å². The lowest BCUT2D eigenvalue weighted by atomic mass is 9.97. The van der Waals surface area contributed by atoms with Crippen LogP contribution in [0.25, 0.3) is 0 Å². The van der Waals surface area contributed by atoms with E-state index in [4.69, 9.17) is 39.9 Å². The maximum absolute atomic E-state index is 10.5. The molecule has 3 saturated heterocycles. The Morgan fingerprint density at radius 1 is 0.727 bits per heavy atom. The fourth-order valence-electron chi connectivity index (χ4n) is 4.05. The van der Waals surface area contributed by atoms with Gasteiger partial charge in [-0.3, -0.25) is 0 Å². The van der Waals surface area contributed by atoms with Crippen molar-refractivity contribution in [2.24, 2.45) is 11.5 Å². The number of aliphatic hydroxyl groups excluding tert-OH is 7. The van der Waals surface area contributed by atoms with Gasteiger partial charge in [-0.2, -0.15) is 0 Å². The fourth-order valence-corrected chi connectivity index (χ4v) is 4.05. The van der Waals surface area contributed by atoms with Crippen molar-refractivity contribution in [2.75, 3.05) is 26.9 Å². The van der Waals surface area contributed by atoms with E-state index in [9.17, 15) is 35.7 Å². The van der Waals surface area contributed by atoms with Crippen molar-refractivity contribution in [3.63, 3.8) is 0 Å². The lowest BCUT2D eigenvalue weighted by Gasteiger charge is -2.47. The highest BCUT2D eigenvalue weighted by Crippen LogP contribution is 2.29. The van der Waals surface area contributed by atoms with Gasteiger partial charge < -0.3 is 75.6 Å². The van der Waals surface area contributed by atoms with Crippen molar-refractivity contribution in [1.29, 1.82) is 0 Å². The highest BCUT2D eigenvalue weighted by molar-refractivity contribution is 4.96. The predicted octanol–water partition coefficient (Wildman–Crippen LogP) is -6.35. The molecule has 14 atom stereocenters. The molecule has 3 heterocycles. The van der Waals surface area contributed by atoms with Gasteiger partial charge in [-0.05, 0) is 0 Å². The third-order valence-electron chi connectivity index (χ3n) is 6.06. The van der Waals surface area contributed by atoms with Crippen LogP contribution >= 0.6 is 0 Å². The molecule has 0 bridgehead atoms. The summed E-state index contributed by atoms with van der Waals surface area (Å²) in [7, 11) is 1.28. The Bertz CT molecular complexity index is 616. The van der Waals surface area contributed by atoms with E-state index in [1.165, 1.54) is 7.11 Å². The average Bonchev–Trinajstić information content (AvgIpc) is 2.81. The number of aliphatic hydroxyl groups is 7. The summed E-state index contributed by atoms with van der Waals surface area (Å²) in [5, 5.41) is 69.4. The maximum Gasteiger partial charge on any atom is 0.187 e. The van der Waals surface area contributed by atoms with Crippen molar-refractivity contribution in [1.82, 2.24) is 0 Å². The van der Waals surface area contributed by atoms with Gasteiger partial charge in [0.05, 0.1) is 38.0 Å². The second kappa shape index (κ2) is 11.4. The van der Waals surface area contributed by atoms with E-state index in [0.29, 0.717) is 0 Å². The van der Waals surface area contributed by atoms with E-state index >= 15 is 0 Å². The Kier molecular flexibility index (Phi) is 9.35. The van der Waals surface area contributed by atoms with Gasteiger partial charge in [0.25, 0.3) is 0 Å². The van der Waals surface area contributed by atoms with E-state index in [0.717, 1.165) is 0 Å². The zero-order valence-electron chi connectivity index (χ0n) is 17.9. The number of methoxy groups -OCH3 is 1. The van der Waals surface area contributed by atoms with Gasteiger partial charge in [0.1, 0.15) is 48.8 Å². The number of hydrogen-bond acceptors (Lipinski definition) is 15. The van der Waals surface area contributed by atoms with Crippen LogP contribution in [0.3, 0.4) is 0 Å². The molecule has 0 aromatic heterocycles. The van der Waals surface area contributed by atoms with Gasteiger partial charge in [0, 0.05) is 7.11 Å². The third-order valence-corrected chi connectivity index (χ3v) is 6.06. The fraction of sp³-hybridized carbons (Fsp3) is 1.00. The molecule has 33 heavy (non-hydrogen) atoms. The zero-order chi connectivity index (χ0) is 24.4. The molecule has 0 aromatic rings. The molecule has 0 amide bonds. The van der Waals surface area contributed by atoms with Gasteiger partial charge in [-0.1, -0.05) is 0 Å². The average molecular weight is 486 g/mol. The molecule has 3 aliphatic rings. The SMILES string of the molecule is CO[C@H]1O[C@H](CO)[C@@H](O)[C@H](O)[C@@H]1O[C@@H]1OC[C@@H](N)[C@H](O[C@H]2O[C@H](CO)[C@@H](O)[C@H](O)[C@@H]2O)[C@H]1N. The summed E-state index contributed by atoms with van der Waals surface area (Å²) < 4.78 is 32.9. The van der Waals surface area contributed by atoms with E-state index in [2.05, 4.69) is 0 Å². The molecule has 3 fully saturated rings. The molecule has 0 spiro atoms. The van der Waals surface area contributed by atoms with Gasteiger partial charge >= 0.3 is 0 Å². The summed E-state index contributed by atoms with van der Waals surface area (Å²) in [5.41, 5.74) is 12.3. The number of ether oxygens (including phenoxy) is 6. The Hall–Kier alpha value is -0.600. The standard InChI is InChI=1S/C18H34N2O13/c1-28-18-15(12(26)10(24)7(3-22)31-18)33-16-8(20)14(5(19)4-29-16)32-17-13(27)11(25)9(23)6(2-21)30-17/h5-18,21-27H,2-4,19-20H2,1H3/t5-,6-,7-,8-,9-,10-,11+,12+,13+,14+,15+,16+,17-,18+/m1/s1. The second-order valence-corrected chi connectivity index (χ2v) is 8.28. The summed E-state index contributed by atoms with van der Waals surface area (Å²) in [6.07, 6.45) is -16.4. The minimum absolute atomic E-state index is 0.121. The Labute approximate surface area is 189 Å². The molecule has 194 valence electrons. The first kappa shape index (κ1) is 27.0. The van der Waals surface area contributed by atoms with Crippen LogP contribution in [0.5, 0.6) is 0 Å². The Balaban J connectivity index is 1.70. The largest absolute Gasteiger partial charge is 0.394 e. The number of rotatable bonds is 7. The normalized spacial score (nSPS) is 51.5. The summed E-state index contributed by atoms with van der Waals surface area (Å²) in [4.78, 5) is 0. The van der Waals surface area contributed by atoms with Crippen LogP contribution in [0, 0.1) is 0 Å². The Morgan fingerprint density at radius 2 is 1.27 bits per heavy atom. The minimum Gasteiger partial charge on any atom is -0.394 e. The van der Waals surface area contributed by atoms with Crippen LogP contribution in [0.4, 0.5) is 0 Å². The summed E-state index contributed by atoms with van der Waals surface area (Å²) in [5.74, 6) is 0. The molecular formula is C18H34N2O13. The van der Waals surface area contributed by atoms with Crippen LogP contribution in [0.15, 0.2) is 0 Å². The topological polar surface area (TPSA) is 249 Å². The van der Waals surface area contributed by atoms with Crippen molar-refractivity contribution in [2.45, 2.75) is 85.9 Å². The van der Waals surface area contributed by atoms with Crippen LogP contribution in [0.2, 0.25) is 0 Å². The monoisotopic (exact) mass is 486 g/mol. The van der Waals surface area contributed by atoms with E-state index in [1.807, 2.05) is 0 Å². The smallest absolute Gasteiger partial charge is 0.187 e. The Morgan fingerprint density at radius 3 is 1.85 bits per heavy atom. The third kappa shape index (κ3) is 5.48. The van der Waals surface area contributed by atoms with Gasteiger partial charge in [-0.25, -0.2) is 0 Å². The molecule has 0 saturated carbocycles. The van der Waals surface area contributed by atoms with Crippen LogP contribution in [-0.4, -0.2) is 149 Å². The predicted molar refractivity (Wildman–Crippen MR) is 104 cm³/mol. The highest BCUT2D eigenvalue weighted by Gasteiger charge is 2.51. The first-order chi connectivity index (χ1) is 15.6. The molecule has 0 aliphatic carbocycles. The molecule has 3 rings (SSSR count). The lowest BCUT2D eigenvalue weighted by Crippen LogP contribution is -2.67. The number of hydrogen-bond donors (Lipinski definition) is 9. The molecule has 0 radical (unpaired) electrons. The molecule has 11 N–H and O–H groups in total. The molecule has 0 aromatic carbocycles. The van der Waals surface area contributed by atoms with Crippen LogP contribution in [-0.2, 0) is 28.4 Å². The second-order valence-electron chi connectivity index (χ2n) is 8.28. The van der Waals surface area contributed by atoms with Gasteiger partial charge in [0.2, 0.25) is 0 Å². The highest BCUT2D eigenvalue weighted by atomic mass is 16.7. The van der Waals surface area contributed by atoms with Gasteiger partial charge in [-0.15, -0.1) is 0 Å². The van der Waals surface area contributed by atoms with E-state index in [-0.39, 0.29) is 6.61 Å². The molecule has 15 nitrogen and oxygen atoms in total. The summed E-state index contributed by atoms with van der Waals surface area (Å²) in [6, 6.07) is -1.93. The first-order valence-electron chi connectivity index (χ1n) is 10.5.